The standard InChI is InChI=1S/C20H21N3O2/c1-3-17(24)12-23-18-10-16(11-21-19(18)22(2)20(23)25)15-6-4-5-14(9-15)13-7-8-13/h4-6,9-11,13H,3,7-8,12H2,1-2H3. The van der Waals surface area contributed by atoms with Crippen LogP contribution in [-0.2, 0) is 18.4 Å². The summed E-state index contributed by atoms with van der Waals surface area (Å²) in [5.74, 6) is 0.726. The molecule has 5 heteroatoms. The van der Waals surface area contributed by atoms with Gasteiger partial charge in [0.1, 0.15) is 0 Å². The van der Waals surface area contributed by atoms with Gasteiger partial charge in [-0.15, -0.1) is 0 Å². The number of imidazole rings is 1. The minimum absolute atomic E-state index is 0.0377. The highest BCUT2D eigenvalue weighted by atomic mass is 16.2. The second kappa shape index (κ2) is 5.99. The number of aromatic nitrogens is 3. The molecular formula is C20H21N3O2. The van der Waals surface area contributed by atoms with E-state index < -0.39 is 0 Å². The summed E-state index contributed by atoms with van der Waals surface area (Å²) in [4.78, 5) is 28.8. The van der Waals surface area contributed by atoms with Gasteiger partial charge in [0.25, 0.3) is 0 Å². The largest absolute Gasteiger partial charge is 0.330 e. The number of pyridine rings is 1. The number of hydrogen-bond donors (Lipinski definition) is 0. The van der Waals surface area contributed by atoms with Crippen molar-refractivity contribution in [3.05, 3.63) is 52.6 Å². The van der Waals surface area contributed by atoms with Gasteiger partial charge in [-0.2, -0.15) is 0 Å². The van der Waals surface area contributed by atoms with E-state index >= 15 is 0 Å². The summed E-state index contributed by atoms with van der Waals surface area (Å²) in [6, 6.07) is 10.5. The molecule has 2 heterocycles. The summed E-state index contributed by atoms with van der Waals surface area (Å²) >= 11 is 0. The second-order valence-corrected chi connectivity index (χ2v) is 6.79. The molecule has 4 rings (SSSR count). The normalized spacial score (nSPS) is 14.2. The summed E-state index contributed by atoms with van der Waals surface area (Å²) in [5, 5.41) is 0. The third kappa shape index (κ3) is 2.80. The van der Waals surface area contributed by atoms with E-state index in [1.807, 2.05) is 13.0 Å². The second-order valence-electron chi connectivity index (χ2n) is 6.79. The van der Waals surface area contributed by atoms with E-state index in [1.165, 1.54) is 27.5 Å². The first-order valence-electron chi connectivity index (χ1n) is 8.75. The van der Waals surface area contributed by atoms with Gasteiger partial charge in [-0.05, 0) is 36.0 Å². The Bertz CT molecular complexity index is 1030. The lowest BCUT2D eigenvalue weighted by Gasteiger charge is -2.06. The minimum atomic E-state index is -0.201. The maximum absolute atomic E-state index is 12.5. The predicted molar refractivity (Wildman–Crippen MR) is 97.7 cm³/mol. The number of carbonyl (C=O) groups is 1. The Morgan fingerprint density at radius 1 is 1.24 bits per heavy atom. The van der Waals surface area contributed by atoms with Gasteiger partial charge in [0.2, 0.25) is 0 Å². The number of ketones is 1. The van der Waals surface area contributed by atoms with Crippen molar-refractivity contribution in [2.75, 3.05) is 0 Å². The molecule has 5 nitrogen and oxygen atoms in total. The van der Waals surface area contributed by atoms with Crippen molar-refractivity contribution in [1.82, 2.24) is 14.1 Å². The molecule has 25 heavy (non-hydrogen) atoms. The first-order chi connectivity index (χ1) is 12.1. The number of fused-ring (bicyclic) bond motifs is 1. The average Bonchev–Trinajstić information content (AvgIpc) is 3.46. The zero-order chi connectivity index (χ0) is 17.6. The van der Waals surface area contributed by atoms with Crippen LogP contribution in [0.4, 0.5) is 0 Å². The maximum atomic E-state index is 12.5. The van der Waals surface area contributed by atoms with Gasteiger partial charge in [-0.3, -0.25) is 13.9 Å². The fourth-order valence-electron chi connectivity index (χ4n) is 3.27. The molecule has 0 spiro atoms. The number of rotatable bonds is 5. The van der Waals surface area contributed by atoms with Crippen LogP contribution in [0.1, 0.15) is 37.7 Å². The Labute approximate surface area is 145 Å². The van der Waals surface area contributed by atoms with E-state index in [1.54, 1.807) is 13.2 Å². The van der Waals surface area contributed by atoms with Crippen LogP contribution in [0.15, 0.2) is 41.3 Å². The minimum Gasteiger partial charge on any atom is -0.298 e. The molecule has 0 radical (unpaired) electrons. The molecule has 1 aromatic carbocycles. The number of nitrogens with zero attached hydrogens (tertiary/aromatic N) is 3. The van der Waals surface area contributed by atoms with Crippen LogP contribution in [0.3, 0.4) is 0 Å². The average molecular weight is 335 g/mol. The summed E-state index contributed by atoms with van der Waals surface area (Å²) in [7, 11) is 1.69. The van der Waals surface area contributed by atoms with E-state index in [2.05, 4.69) is 29.2 Å². The zero-order valence-corrected chi connectivity index (χ0v) is 14.5. The highest BCUT2D eigenvalue weighted by Crippen LogP contribution is 2.41. The van der Waals surface area contributed by atoms with Crippen molar-refractivity contribution in [2.24, 2.45) is 7.05 Å². The van der Waals surface area contributed by atoms with Gasteiger partial charge in [-0.25, -0.2) is 9.78 Å². The smallest absolute Gasteiger partial charge is 0.298 e. The molecule has 128 valence electrons. The Morgan fingerprint density at radius 3 is 2.76 bits per heavy atom. The third-order valence-electron chi connectivity index (χ3n) is 4.97. The molecule has 0 amide bonds. The molecule has 1 aliphatic carbocycles. The predicted octanol–water partition coefficient (Wildman–Crippen LogP) is 3.26. The van der Waals surface area contributed by atoms with Crippen LogP contribution in [0.2, 0.25) is 0 Å². The maximum Gasteiger partial charge on any atom is 0.330 e. The van der Waals surface area contributed by atoms with Gasteiger partial charge >= 0.3 is 5.69 Å². The van der Waals surface area contributed by atoms with Crippen molar-refractivity contribution in [2.45, 2.75) is 38.6 Å². The van der Waals surface area contributed by atoms with Gasteiger partial charge in [0, 0.05) is 25.2 Å². The summed E-state index contributed by atoms with van der Waals surface area (Å²) in [6.07, 6.45) is 4.75. The monoisotopic (exact) mass is 335 g/mol. The molecule has 3 aromatic rings. The number of hydrogen-bond acceptors (Lipinski definition) is 3. The molecule has 0 aliphatic heterocycles. The molecule has 2 aromatic heterocycles. The lowest BCUT2D eigenvalue weighted by Crippen LogP contribution is -2.25. The lowest BCUT2D eigenvalue weighted by molar-refractivity contribution is -0.119. The van der Waals surface area contributed by atoms with Gasteiger partial charge in [0.15, 0.2) is 11.4 Å². The number of benzene rings is 1. The van der Waals surface area contributed by atoms with Crippen molar-refractivity contribution >= 4 is 16.9 Å². The van der Waals surface area contributed by atoms with Crippen LogP contribution in [0.25, 0.3) is 22.3 Å². The van der Waals surface area contributed by atoms with Crippen molar-refractivity contribution < 1.29 is 4.79 Å². The Morgan fingerprint density at radius 2 is 2.04 bits per heavy atom. The van der Waals surface area contributed by atoms with Crippen molar-refractivity contribution in [3.8, 4) is 11.1 Å². The van der Waals surface area contributed by atoms with E-state index in [4.69, 9.17) is 0 Å². The number of carbonyl (C=O) groups excluding carboxylic acids is 1. The van der Waals surface area contributed by atoms with Crippen LogP contribution < -0.4 is 5.69 Å². The van der Waals surface area contributed by atoms with Crippen LogP contribution in [0.5, 0.6) is 0 Å². The van der Waals surface area contributed by atoms with E-state index in [-0.39, 0.29) is 18.0 Å². The quantitative estimate of drug-likeness (QED) is 0.719. The number of Topliss-reactive ketones (excluding diaryl/α,β-unsaturated/α-hetero) is 1. The van der Waals surface area contributed by atoms with Crippen LogP contribution in [-0.4, -0.2) is 19.9 Å². The molecule has 0 unspecified atom stereocenters. The van der Waals surface area contributed by atoms with Crippen LogP contribution in [0, 0.1) is 0 Å². The summed E-state index contributed by atoms with van der Waals surface area (Å²) < 4.78 is 3.03. The van der Waals surface area contributed by atoms with E-state index in [0.29, 0.717) is 23.5 Å². The Balaban J connectivity index is 1.84. The first kappa shape index (κ1) is 15.8. The van der Waals surface area contributed by atoms with Gasteiger partial charge < -0.3 is 0 Å². The Kier molecular flexibility index (Phi) is 3.79. The fourth-order valence-corrected chi connectivity index (χ4v) is 3.27. The summed E-state index contributed by atoms with van der Waals surface area (Å²) in [5.41, 5.74) is 4.55. The lowest BCUT2D eigenvalue weighted by atomic mass is 10.0. The zero-order valence-electron chi connectivity index (χ0n) is 14.5. The van der Waals surface area contributed by atoms with E-state index in [9.17, 15) is 9.59 Å². The topological polar surface area (TPSA) is 56.9 Å². The van der Waals surface area contributed by atoms with E-state index in [0.717, 1.165) is 11.1 Å². The molecule has 1 aliphatic rings. The highest BCUT2D eigenvalue weighted by Gasteiger charge is 2.23. The third-order valence-corrected chi connectivity index (χ3v) is 4.97. The highest BCUT2D eigenvalue weighted by molar-refractivity contribution is 5.83. The molecule has 1 saturated carbocycles. The molecule has 0 bridgehead atoms. The molecule has 0 atom stereocenters. The van der Waals surface area contributed by atoms with Gasteiger partial charge in [0.05, 0.1) is 12.1 Å². The molecule has 0 saturated heterocycles. The van der Waals surface area contributed by atoms with Gasteiger partial charge in [-0.1, -0.05) is 31.2 Å². The molecular weight excluding hydrogens is 314 g/mol. The first-order valence-corrected chi connectivity index (χ1v) is 8.75. The molecule has 0 N–H and O–H groups in total. The van der Waals surface area contributed by atoms with Crippen LogP contribution >= 0.6 is 0 Å². The Hall–Kier alpha value is -2.69. The molecule has 1 fully saturated rings. The summed E-state index contributed by atoms with van der Waals surface area (Å²) in [6.45, 7) is 1.91. The number of aryl methyl sites for hydroxylation is 1. The van der Waals surface area contributed by atoms with Crippen molar-refractivity contribution in [1.29, 1.82) is 0 Å². The fraction of sp³-hybridized carbons (Fsp3) is 0.350. The SMILES string of the molecule is CCC(=O)Cn1c(=O)n(C)c2ncc(-c3cccc(C4CC4)c3)cc21. The van der Waals surface area contributed by atoms with Crippen molar-refractivity contribution in [3.63, 3.8) is 0 Å².